The Balaban J connectivity index is 2.10. The highest BCUT2D eigenvalue weighted by molar-refractivity contribution is 5.76. The van der Waals surface area contributed by atoms with Gasteiger partial charge in [0.2, 0.25) is 5.91 Å². The maximum atomic E-state index is 12.0. The number of hydrogen-bond donors (Lipinski definition) is 0. The van der Waals surface area contributed by atoms with Crippen LogP contribution in [0.3, 0.4) is 0 Å². The van der Waals surface area contributed by atoms with Crippen LogP contribution in [0.5, 0.6) is 0 Å². The van der Waals surface area contributed by atoms with Crippen molar-refractivity contribution >= 4 is 5.91 Å². The van der Waals surface area contributed by atoms with Gasteiger partial charge in [0, 0.05) is 13.1 Å². The minimum Gasteiger partial charge on any atom is -0.378 e. The minimum atomic E-state index is -0.100. The second kappa shape index (κ2) is 5.30. The molecule has 0 aliphatic carbocycles. The van der Waals surface area contributed by atoms with Crippen molar-refractivity contribution in [3.8, 4) is 12.1 Å². The van der Waals surface area contributed by atoms with Gasteiger partial charge in [-0.25, -0.2) is 4.98 Å². The van der Waals surface area contributed by atoms with Crippen LogP contribution in [0.15, 0.2) is 6.33 Å². The Bertz CT molecular complexity index is 531. The molecule has 0 bridgehead atoms. The Labute approximate surface area is 104 Å². The lowest BCUT2D eigenvalue weighted by molar-refractivity contribution is -0.135. The number of carbonyl (C=O) groups is 1. The summed E-state index contributed by atoms with van der Waals surface area (Å²) >= 11 is 0. The predicted octanol–water partition coefficient (Wildman–Crippen LogP) is -0.515. The largest absolute Gasteiger partial charge is 0.378 e. The molecule has 1 amide bonds. The van der Waals surface area contributed by atoms with Crippen molar-refractivity contribution in [2.45, 2.75) is 6.54 Å². The Kier molecular flexibility index (Phi) is 3.56. The third-order valence-corrected chi connectivity index (χ3v) is 2.72. The molecule has 0 N–H and O–H groups in total. The first-order valence-electron chi connectivity index (χ1n) is 5.47. The number of amides is 1. The number of carbonyl (C=O) groups excluding carboxylic acids is 1. The van der Waals surface area contributed by atoms with Crippen molar-refractivity contribution < 1.29 is 9.53 Å². The first-order chi connectivity index (χ1) is 8.76. The van der Waals surface area contributed by atoms with E-state index in [9.17, 15) is 4.79 Å². The lowest BCUT2D eigenvalue weighted by Gasteiger charge is -2.26. The quantitative estimate of drug-likeness (QED) is 0.699. The average Bonchev–Trinajstić information content (AvgIpc) is 2.81. The van der Waals surface area contributed by atoms with Gasteiger partial charge in [0.1, 0.15) is 18.7 Å². The van der Waals surface area contributed by atoms with Crippen LogP contribution >= 0.6 is 0 Å². The number of rotatable bonds is 2. The van der Waals surface area contributed by atoms with Gasteiger partial charge in [-0.15, -0.1) is 0 Å². The lowest BCUT2D eigenvalue weighted by Crippen LogP contribution is -2.42. The molecular weight excluding hydrogens is 234 g/mol. The first-order valence-corrected chi connectivity index (χ1v) is 5.47. The van der Waals surface area contributed by atoms with Crippen LogP contribution in [-0.4, -0.2) is 46.7 Å². The van der Waals surface area contributed by atoms with Gasteiger partial charge in [-0.05, 0) is 0 Å². The van der Waals surface area contributed by atoms with E-state index in [1.807, 2.05) is 12.1 Å². The normalized spacial score (nSPS) is 14.9. The van der Waals surface area contributed by atoms with Gasteiger partial charge in [0.05, 0.1) is 19.5 Å². The molecule has 1 fully saturated rings. The molecule has 0 unspecified atom stereocenters. The van der Waals surface area contributed by atoms with Gasteiger partial charge in [-0.3, -0.25) is 4.79 Å². The molecule has 0 aromatic carbocycles. The van der Waals surface area contributed by atoms with E-state index in [4.69, 9.17) is 15.3 Å². The molecule has 7 nitrogen and oxygen atoms in total. The third kappa shape index (κ3) is 2.31. The summed E-state index contributed by atoms with van der Waals surface area (Å²) in [6.07, 6.45) is 1.34. The highest BCUT2D eigenvalue weighted by atomic mass is 16.5. The number of morpholine rings is 1. The van der Waals surface area contributed by atoms with E-state index >= 15 is 0 Å². The molecule has 1 aromatic rings. The van der Waals surface area contributed by atoms with Crippen molar-refractivity contribution in [3.05, 3.63) is 17.7 Å². The summed E-state index contributed by atoms with van der Waals surface area (Å²) < 4.78 is 6.56. The van der Waals surface area contributed by atoms with Gasteiger partial charge in [-0.1, -0.05) is 0 Å². The van der Waals surface area contributed by atoms with Gasteiger partial charge in [0.15, 0.2) is 11.4 Å². The first kappa shape index (κ1) is 12.1. The molecule has 0 atom stereocenters. The second-order valence-corrected chi connectivity index (χ2v) is 3.79. The summed E-state index contributed by atoms with van der Waals surface area (Å²) in [4.78, 5) is 17.4. The van der Waals surface area contributed by atoms with Gasteiger partial charge >= 0.3 is 0 Å². The van der Waals surface area contributed by atoms with Crippen molar-refractivity contribution in [1.29, 1.82) is 10.5 Å². The summed E-state index contributed by atoms with van der Waals surface area (Å²) in [6, 6.07) is 3.71. The van der Waals surface area contributed by atoms with Gasteiger partial charge < -0.3 is 14.2 Å². The monoisotopic (exact) mass is 245 g/mol. The minimum absolute atomic E-state index is 0.0254. The summed E-state index contributed by atoms with van der Waals surface area (Å²) in [6.45, 7) is 2.20. The van der Waals surface area contributed by atoms with Crippen molar-refractivity contribution in [2.75, 3.05) is 26.3 Å². The number of hydrogen-bond acceptors (Lipinski definition) is 5. The highest BCUT2D eigenvalue weighted by Gasteiger charge is 2.19. The molecule has 18 heavy (non-hydrogen) atoms. The van der Waals surface area contributed by atoms with Crippen LogP contribution in [0.4, 0.5) is 0 Å². The van der Waals surface area contributed by atoms with Crippen LogP contribution in [0, 0.1) is 22.7 Å². The molecule has 0 spiro atoms. The van der Waals surface area contributed by atoms with Crippen molar-refractivity contribution in [1.82, 2.24) is 14.5 Å². The molecule has 1 aliphatic heterocycles. The molecule has 2 heterocycles. The molecular formula is C11H11N5O2. The van der Waals surface area contributed by atoms with Crippen LogP contribution in [-0.2, 0) is 16.1 Å². The fourth-order valence-electron chi connectivity index (χ4n) is 1.76. The maximum absolute atomic E-state index is 12.0. The Morgan fingerprint density at radius 2 is 2.11 bits per heavy atom. The summed E-state index contributed by atoms with van der Waals surface area (Å²) in [5, 5.41) is 17.7. The molecule has 2 rings (SSSR count). The molecule has 92 valence electrons. The molecule has 1 aromatic heterocycles. The number of nitriles is 2. The fourth-order valence-corrected chi connectivity index (χ4v) is 1.76. The van der Waals surface area contributed by atoms with Crippen molar-refractivity contribution in [3.63, 3.8) is 0 Å². The van der Waals surface area contributed by atoms with Crippen molar-refractivity contribution in [2.24, 2.45) is 0 Å². The zero-order chi connectivity index (χ0) is 13.0. The molecule has 1 aliphatic rings. The topological polar surface area (TPSA) is 94.9 Å². The third-order valence-electron chi connectivity index (χ3n) is 2.72. The highest BCUT2D eigenvalue weighted by Crippen LogP contribution is 2.06. The summed E-state index contributed by atoms with van der Waals surface area (Å²) in [7, 11) is 0. The van der Waals surface area contributed by atoms with E-state index in [-0.39, 0.29) is 23.8 Å². The van der Waals surface area contributed by atoms with E-state index in [1.54, 1.807) is 4.90 Å². The van der Waals surface area contributed by atoms with E-state index in [2.05, 4.69) is 4.98 Å². The Morgan fingerprint density at radius 3 is 2.72 bits per heavy atom. The van der Waals surface area contributed by atoms with Crippen LogP contribution in [0.25, 0.3) is 0 Å². The SMILES string of the molecule is N#Cc1ncn(CC(=O)N2CCOCC2)c1C#N. The maximum Gasteiger partial charge on any atom is 0.242 e. The zero-order valence-corrected chi connectivity index (χ0v) is 9.67. The van der Waals surface area contributed by atoms with E-state index < -0.39 is 0 Å². The molecule has 0 saturated carbocycles. The molecule has 0 radical (unpaired) electrons. The number of aromatic nitrogens is 2. The van der Waals surface area contributed by atoms with Gasteiger partial charge in [-0.2, -0.15) is 10.5 Å². The summed E-state index contributed by atoms with van der Waals surface area (Å²) in [5.74, 6) is -0.100. The Morgan fingerprint density at radius 1 is 1.39 bits per heavy atom. The predicted molar refractivity (Wildman–Crippen MR) is 59.1 cm³/mol. The number of nitrogens with zero attached hydrogens (tertiary/aromatic N) is 5. The standard InChI is InChI=1S/C11H11N5O2/c12-5-9-10(6-13)16(8-14-9)7-11(17)15-1-3-18-4-2-15/h8H,1-4,7H2. The average molecular weight is 245 g/mol. The smallest absolute Gasteiger partial charge is 0.242 e. The number of ether oxygens (including phenoxy) is 1. The molecule has 1 saturated heterocycles. The van der Waals surface area contributed by atoms with Crippen LogP contribution in [0.1, 0.15) is 11.4 Å². The molecule has 7 heteroatoms. The van der Waals surface area contributed by atoms with E-state index in [0.717, 1.165) is 0 Å². The van der Waals surface area contributed by atoms with Crippen LogP contribution in [0.2, 0.25) is 0 Å². The zero-order valence-electron chi connectivity index (χ0n) is 9.67. The lowest BCUT2D eigenvalue weighted by atomic mass is 10.3. The van der Waals surface area contributed by atoms with Crippen LogP contribution < -0.4 is 0 Å². The van der Waals surface area contributed by atoms with E-state index in [0.29, 0.717) is 26.3 Å². The Hall–Kier alpha value is -2.38. The fraction of sp³-hybridized carbons (Fsp3) is 0.455. The van der Waals surface area contributed by atoms with E-state index in [1.165, 1.54) is 10.9 Å². The summed E-state index contributed by atoms with van der Waals surface area (Å²) in [5.41, 5.74) is 0.173. The van der Waals surface area contributed by atoms with Gasteiger partial charge in [0.25, 0.3) is 0 Å². The second-order valence-electron chi connectivity index (χ2n) is 3.79. The number of imidazole rings is 1.